The molecule has 3 aromatic carbocycles. The van der Waals surface area contributed by atoms with Gasteiger partial charge in [-0.15, -0.1) is 0 Å². The smallest absolute Gasteiger partial charge is 0.345 e. The van der Waals surface area contributed by atoms with Gasteiger partial charge in [0.1, 0.15) is 5.75 Å². The average Bonchev–Trinajstić information content (AvgIpc) is 2.79. The maximum Gasteiger partial charge on any atom is 0.345 e. The fourth-order valence-corrected chi connectivity index (χ4v) is 4.69. The maximum absolute atomic E-state index is 12.9. The van der Waals surface area contributed by atoms with Crippen LogP contribution in [0.1, 0.15) is 12.8 Å². The molecule has 0 saturated heterocycles. The lowest BCUT2D eigenvalue weighted by molar-refractivity contribution is -0.122. The summed E-state index contributed by atoms with van der Waals surface area (Å²) in [7, 11) is 0. The average molecular weight is 488 g/mol. The molecular weight excluding hydrogens is 469 g/mol. The number of rotatable bonds is 5. The zero-order valence-electron chi connectivity index (χ0n) is 16.8. The van der Waals surface area contributed by atoms with Crippen LogP contribution >= 0.6 is 35.0 Å². The Bertz CT molecular complexity index is 1110. The number of urea groups is 1. The molecule has 0 aromatic heterocycles. The molecule has 32 heavy (non-hydrogen) atoms. The molecule has 0 atom stereocenters. The predicted molar refractivity (Wildman–Crippen MR) is 127 cm³/mol. The van der Waals surface area contributed by atoms with Gasteiger partial charge in [0.25, 0.3) is 0 Å². The van der Waals surface area contributed by atoms with Crippen LogP contribution in [-0.4, -0.2) is 18.5 Å². The lowest BCUT2D eigenvalue weighted by Crippen LogP contribution is -2.48. The molecule has 0 saturated carbocycles. The Morgan fingerprint density at radius 1 is 0.906 bits per heavy atom. The Morgan fingerprint density at radius 3 is 2.22 bits per heavy atom. The van der Waals surface area contributed by atoms with E-state index in [1.165, 1.54) is 0 Å². The van der Waals surface area contributed by atoms with Gasteiger partial charge in [-0.05, 0) is 48.9 Å². The largest absolute Gasteiger partial charge is 0.492 e. The van der Waals surface area contributed by atoms with Crippen molar-refractivity contribution in [3.63, 3.8) is 0 Å². The molecule has 3 amide bonds. The number of anilines is 2. The second-order valence-corrected chi connectivity index (χ2v) is 8.81. The first-order chi connectivity index (χ1) is 15.5. The minimum Gasteiger partial charge on any atom is -0.492 e. The summed E-state index contributed by atoms with van der Waals surface area (Å²) in [5.74, 6) is 0.183. The van der Waals surface area contributed by atoms with Gasteiger partial charge in [-0.25, -0.2) is 10.2 Å². The standard InChI is InChI=1S/C23H19Cl2N3O3S/c24-15-11-12-19(16(25)14-15)31-13-5-10-22(29)26-27-23(30)28-17-6-1-3-8-20(17)32-21-9-4-2-7-18(21)28/h1-4,6-9,11-12,14H,5,10,13H2,(H,26,29)(H,27,30). The molecule has 4 rings (SSSR count). The normalized spacial score (nSPS) is 11.9. The first-order valence-corrected chi connectivity index (χ1v) is 11.4. The number of para-hydroxylation sites is 2. The first kappa shape index (κ1) is 22.3. The van der Waals surface area contributed by atoms with E-state index >= 15 is 0 Å². The van der Waals surface area contributed by atoms with Crippen molar-refractivity contribution < 1.29 is 14.3 Å². The highest BCUT2D eigenvalue weighted by Crippen LogP contribution is 2.47. The van der Waals surface area contributed by atoms with Crippen molar-refractivity contribution in [1.29, 1.82) is 0 Å². The van der Waals surface area contributed by atoms with Crippen LogP contribution in [0.4, 0.5) is 16.2 Å². The summed E-state index contributed by atoms with van der Waals surface area (Å²) in [4.78, 5) is 28.6. The van der Waals surface area contributed by atoms with Crippen LogP contribution in [0, 0.1) is 0 Å². The summed E-state index contributed by atoms with van der Waals surface area (Å²) < 4.78 is 5.57. The van der Waals surface area contributed by atoms with Crippen molar-refractivity contribution >= 4 is 58.3 Å². The van der Waals surface area contributed by atoms with E-state index < -0.39 is 6.03 Å². The second kappa shape index (κ2) is 10.2. The van der Waals surface area contributed by atoms with Gasteiger partial charge in [0.05, 0.1) is 23.0 Å². The van der Waals surface area contributed by atoms with Gasteiger partial charge in [0.2, 0.25) is 5.91 Å². The number of fused-ring (bicyclic) bond motifs is 2. The third kappa shape index (κ3) is 5.12. The van der Waals surface area contributed by atoms with Crippen LogP contribution in [0.15, 0.2) is 76.5 Å². The maximum atomic E-state index is 12.9. The van der Waals surface area contributed by atoms with Crippen molar-refractivity contribution in [3.05, 3.63) is 76.8 Å². The van der Waals surface area contributed by atoms with E-state index in [-0.39, 0.29) is 12.3 Å². The molecule has 0 bridgehead atoms. The van der Waals surface area contributed by atoms with Gasteiger partial charge < -0.3 is 4.74 Å². The van der Waals surface area contributed by atoms with E-state index in [0.717, 1.165) is 21.2 Å². The van der Waals surface area contributed by atoms with Gasteiger partial charge in [-0.3, -0.25) is 15.1 Å². The molecule has 1 aliphatic rings. The van der Waals surface area contributed by atoms with Crippen molar-refractivity contribution in [2.24, 2.45) is 0 Å². The van der Waals surface area contributed by atoms with Crippen molar-refractivity contribution in [1.82, 2.24) is 10.9 Å². The summed E-state index contributed by atoms with van der Waals surface area (Å²) in [6.07, 6.45) is 0.626. The lowest BCUT2D eigenvalue weighted by Gasteiger charge is -2.30. The van der Waals surface area contributed by atoms with Crippen molar-refractivity contribution in [2.75, 3.05) is 11.5 Å². The number of amides is 3. The number of hydrazine groups is 1. The van der Waals surface area contributed by atoms with Crippen molar-refractivity contribution in [2.45, 2.75) is 22.6 Å². The number of carbonyl (C=O) groups excluding carboxylic acids is 2. The molecule has 164 valence electrons. The van der Waals surface area contributed by atoms with Crippen LogP contribution < -0.4 is 20.5 Å². The monoisotopic (exact) mass is 487 g/mol. The number of hydrogen-bond donors (Lipinski definition) is 2. The van der Waals surface area contributed by atoms with E-state index in [2.05, 4.69) is 10.9 Å². The van der Waals surface area contributed by atoms with E-state index in [9.17, 15) is 9.59 Å². The molecule has 1 heterocycles. The predicted octanol–water partition coefficient (Wildman–Crippen LogP) is 6.20. The van der Waals surface area contributed by atoms with Crippen LogP contribution in [0.25, 0.3) is 0 Å². The van der Waals surface area contributed by atoms with Crippen LogP contribution in [-0.2, 0) is 4.79 Å². The molecule has 2 N–H and O–H groups in total. The number of halogens is 2. The topological polar surface area (TPSA) is 70.7 Å². The van der Waals surface area contributed by atoms with Crippen LogP contribution in [0.5, 0.6) is 5.75 Å². The fraction of sp³-hybridized carbons (Fsp3) is 0.130. The van der Waals surface area contributed by atoms with Crippen LogP contribution in [0.3, 0.4) is 0 Å². The highest BCUT2D eigenvalue weighted by atomic mass is 35.5. The van der Waals surface area contributed by atoms with E-state index in [1.54, 1.807) is 34.9 Å². The third-order valence-corrected chi connectivity index (χ3v) is 6.30. The fourth-order valence-electron chi connectivity index (χ4n) is 3.17. The summed E-state index contributed by atoms with van der Waals surface area (Å²) in [5.41, 5.74) is 6.50. The SMILES string of the molecule is O=C(CCCOc1ccc(Cl)cc1Cl)NNC(=O)N1c2ccccc2Sc2ccccc21. The lowest BCUT2D eigenvalue weighted by atomic mass is 10.2. The number of benzene rings is 3. The third-order valence-electron chi connectivity index (χ3n) is 4.64. The molecule has 9 heteroatoms. The Hall–Kier alpha value is -2.87. The van der Waals surface area contributed by atoms with Crippen LogP contribution in [0.2, 0.25) is 10.0 Å². The Morgan fingerprint density at radius 2 is 1.56 bits per heavy atom. The van der Waals surface area contributed by atoms with E-state index in [4.69, 9.17) is 27.9 Å². The summed E-state index contributed by atoms with van der Waals surface area (Å²) in [5, 5.41) is 0.935. The van der Waals surface area contributed by atoms with E-state index in [0.29, 0.717) is 28.8 Å². The Labute approximate surface area is 199 Å². The van der Waals surface area contributed by atoms with Gasteiger partial charge in [0, 0.05) is 21.2 Å². The minimum absolute atomic E-state index is 0.175. The van der Waals surface area contributed by atoms with Gasteiger partial charge >= 0.3 is 6.03 Å². The molecule has 0 fully saturated rings. The van der Waals surface area contributed by atoms with Crippen molar-refractivity contribution in [3.8, 4) is 5.75 Å². The van der Waals surface area contributed by atoms with Gasteiger partial charge in [-0.1, -0.05) is 59.2 Å². The van der Waals surface area contributed by atoms with Gasteiger partial charge in [-0.2, -0.15) is 0 Å². The molecule has 0 aliphatic carbocycles. The molecule has 3 aromatic rings. The molecule has 6 nitrogen and oxygen atoms in total. The summed E-state index contributed by atoms with van der Waals surface area (Å²) >= 11 is 13.5. The molecule has 0 unspecified atom stereocenters. The minimum atomic E-state index is -0.442. The summed E-state index contributed by atoms with van der Waals surface area (Å²) in [6.45, 7) is 0.298. The van der Waals surface area contributed by atoms with Gasteiger partial charge in [0.15, 0.2) is 0 Å². The number of ether oxygens (including phenoxy) is 1. The molecule has 1 aliphatic heterocycles. The zero-order chi connectivity index (χ0) is 22.5. The quantitative estimate of drug-likeness (QED) is 0.332. The highest BCUT2D eigenvalue weighted by Gasteiger charge is 2.28. The molecule has 0 radical (unpaired) electrons. The first-order valence-electron chi connectivity index (χ1n) is 9.85. The highest BCUT2D eigenvalue weighted by molar-refractivity contribution is 7.99. The molecular formula is C23H19Cl2N3O3S. The summed E-state index contributed by atoms with van der Waals surface area (Å²) in [6, 6.07) is 19.8. The number of carbonyl (C=O) groups is 2. The van der Waals surface area contributed by atoms with E-state index in [1.807, 2.05) is 48.5 Å². The Balaban J connectivity index is 1.31. The Kier molecular flexibility index (Phi) is 7.09. The molecule has 0 spiro atoms. The number of nitrogens with zero attached hydrogens (tertiary/aromatic N) is 1. The zero-order valence-corrected chi connectivity index (χ0v) is 19.1. The number of nitrogens with one attached hydrogen (secondary N) is 2. The second-order valence-electron chi connectivity index (χ2n) is 6.88. The number of hydrogen-bond acceptors (Lipinski definition) is 4.